The lowest BCUT2D eigenvalue weighted by Gasteiger charge is -2.02. The molecule has 2 aromatic carbocycles. The molecule has 2 aromatic rings. The maximum atomic E-state index is 14.4. The summed E-state index contributed by atoms with van der Waals surface area (Å²) in [5.41, 5.74) is -0.525. The van der Waals surface area contributed by atoms with Crippen molar-refractivity contribution in [3.63, 3.8) is 0 Å². The fraction of sp³-hybridized carbons (Fsp3) is 0.0455. The van der Waals surface area contributed by atoms with Gasteiger partial charge in [0.15, 0.2) is 0 Å². The van der Waals surface area contributed by atoms with Crippen molar-refractivity contribution in [1.82, 2.24) is 0 Å². The number of esters is 1. The summed E-state index contributed by atoms with van der Waals surface area (Å²) in [6.07, 6.45) is 3.30. The van der Waals surface area contributed by atoms with Crippen LogP contribution in [0.15, 0.2) is 60.5 Å². The summed E-state index contributed by atoms with van der Waals surface area (Å²) in [6, 6.07) is 6.18. The van der Waals surface area contributed by atoms with E-state index >= 15 is 0 Å². The largest absolute Gasteiger partial charge is 0.614 e. The maximum absolute atomic E-state index is 14.4. The Labute approximate surface area is 179 Å². The molecule has 0 spiro atoms. The van der Waals surface area contributed by atoms with Gasteiger partial charge in [0.2, 0.25) is 5.83 Å². The molecule has 0 unspecified atom stereocenters. The number of phenols is 3. The molecule has 32 heavy (non-hydrogen) atoms. The molecule has 1 aliphatic rings. The monoisotopic (exact) mass is 442 g/mol. The predicted molar refractivity (Wildman–Crippen MR) is 106 cm³/mol. The first-order valence-electron chi connectivity index (χ1n) is 8.91. The third-order valence-corrected chi connectivity index (χ3v) is 3.86. The van der Waals surface area contributed by atoms with Crippen LogP contribution in [0.5, 0.6) is 23.0 Å². The van der Waals surface area contributed by atoms with Gasteiger partial charge in [0.25, 0.3) is 0 Å². The average Bonchev–Trinajstić information content (AvgIpc) is 2.68. The van der Waals surface area contributed by atoms with Gasteiger partial charge in [0.1, 0.15) is 34.1 Å². The molecule has 3 N–H and O–H groups in total. The Morgan fingerprint density at radius 1 is 0.844 bits per heavy atom. The summed E-state index contributed by atoms with van der Waals surface area (Å²) < 4.78 is 29.3. The maximum Gasteiger partial charge on any atom is 0.614 e. The topological polar surface area (TPSA) is 144 Å². The van der Waals surface area contributed by atoms with E-state index < -0.39 is 52.5 Å². The molecule has 3 rings (SSSR count). The number of ketones is 2. The molecule has 0 atom stereocenters. The summed E-state index contributed by atoms with van der Waals surface area (Å²) in [7, 11) is 0. The van der Waals surface area contributed by atoms with E-state index in [0.717, 1.165) is 55.5 Å². The van der Waals surface area contributed by atoms with E-state index in [1.54, 1.807) is 0 Å². The summed E-state index contributed by atoms with van der Waals surface area (Å²) in [5, 5.41) is 28.7. The predicted octanol–water partition coefficient (Wildman–Crippen LogP) is 2.34. The number of carbonyl (C=O) groups is 3. The van der Waals surface area contributed by atoms with E-state index in [2.05, 4.69) is 0 Å². The van der Waals surface area contributed by atoms with Crippen molar-refractivity contribution in [2.75, 3.05) is 0 Å². The van der Waals surface area contributed by atoms with Crippen LogP contribution >= 0.6 is 0 Å². The Hall–Kier alpha value is -4.60. The minimum absolute atomic E-state index is 0.145. The smallest absolute Gasteiger partial charge is 0.508 e. The van der Waals surface area contributed by atoms with Gasteiger partial charge in [0, 0.05) is 49.4 Å². The van der Waals surface area contributed by atoms with Crippen LogP contribution in [-0.4, -0.2) is 44.8 Å². The van der Waals surface area contributed by atoms with E-state index in [-0.39, 0.29) is 16.9 Å². The van der Waals surface area contributed by atoms with Gasteiger partial charge < -0.3 is 20.1 Å². The van der Waals surface area contributed by atoms with Gasteiger partial charge in [-0.3, -0.25) is 13.6 Å². The number of halogens is 1. The minimum atomic E-state index is -1.15. The molecule has 162 valence electrons. The van der Waals surface area contributed by atoms with Gasteiger partial charge in [-0.25, -0.2) is 0 Å². The van der Waals surface area contributed by atoms with Crippen LogP contribution < -0.4 is 4.74 Å². The normalized spacial score (nSPS) is 15.5. The molecule has 0 saturated heterocycles. The van der Waals surface area contributed by atoms with E-state index in [4.69, 9.17) is 13.6 Å². The first-order valence-corrected chi connectivity index (χ1v) is 8.91. The highest BCUT2D eigenvalue weighted by atomic mass is 19.1. The number of hydrogen-bond acceptors (Lipinski definition) is 7. The Morgan fingerprint density at radius 2 is 1.41 bits per heavy atom. The van der Waals surface area contributed by atoms with Crippen molar-refractivity contribution >= 4 is 29.5 Å². The number of phenolic OH excluding ortho intramolecular Hbond substituents is 3. The number of aromatic hydroxyl groups is 3. The highest BCUT2D eigenvalue weighted by Crippen LogP contribution is 2.23. The first-order chi connectivity index (χ1) is 15.1. The zero-order chi connectivity index (χ0) is 23.4. The summed E-state index contributed by atoms with van der Waals surface area (Å²) in [5.74, 6) is -6.53. The number of allylic oxidation sites excluding steroid dienone is 4. The van der Waals surface area contributed by atoms with E-state index in [1.807, 2.05) is 0 Å². The van der Waals surface area contributed by atoms with Crippen LogP contribution in [0.3, 0.4) is 0 Å². The molecule has 0 fully saturated rings. The standard InChI is InChI=1S/C22H13FO9/c1-11(24)30-17-8-13(7-16(27)10-17)22(29)32-20-18(23)3-2-4-19(20)31-21(28)12-5-14(25)9-15(26)6-12/h2-10H,1H3,(H-2,25,26,27)/p+2. The zero-order valence-electron chi connectivity index (χ0n) is 16.4. The Bertz CT molecular complexity index is 1230. The van der Waals surface area contributed by atoms with Gasteiger partial charge in [-0.1, -0.05) is 6.08 Å². The molecule has 0 saturated carbocycles. The van der Waals surface area contributed by atoms with Crippen molar-refractivity contribution in [2.24, 2.45) is 0 Å². The highest BCUT2D eigenvalue weighted by molar-refractivity contribution is 6.48. The van der Waals surface area contributed by atoms with Crippen LogP contribution in [0.1, 0.15) is 27.6 Å². The van der Waals surface area contributed by atoms with Crippen LogP contribution in [0, 0.1) is 0 Å². The van der Waals surface area contributed by atoms with Crippen molar-refractivity contribution in [3.05, 3.63) is 71.6 Å². The molecule has 0 aliphatic heterocycles. The van der Waals surface area contributed by atoms with Crippen molar-refractivity contribution in [1.29, 1.82) is 0 Å². The molecule has 0 bridgehead atoms. The van der Waals surface area contributed by atoms with Crippen LogP contribution in [-0.2, 0) is 13.6 Å². The Kier molecular flexibility index (Phi) is 6.24. The second-order valence-electron chi connectivity index (χ2n) is 6.39. The third-order valence-electron chi connectivity index (χ3n) is 3.86. The highest BCUT2D eigenvalue weighted by Gasteiger charge is 2.35. The second kappa shape index (κ2) is 9.04. The summed E-state index contributed by atoms with van der Waals surface area (Å²) in [4.78, 5) is 35.9. The molecular formula is C22H15FO9+2. The lowest BCUT2D eigenvalue weighted by Crippen LogP contribution is -2.24. The average molecular weight is 442 g/mol. The van der Waals surface area contributed by atoms with Crippen molar-refractivity contribution in [3.8, 4) is 23.0 Å². The molecule has 1 aliphatic carbocycles. The summed E-state index contributed by atoms with van der Waals surface area (Å²) in [6.45, 7) is 1.12. The number of rotatable bonds is 3. The molecule has 0 radical (unpaired) electrons. The number of benzene rings is 2. The van der Waals surface area contributed by atoms with Gasteiger partial charge in [-0.05, 0) is 6.08 Å². The number of hydrogen-bond donors (Lipinski definition) is 3. The van der Waals surface area contributed by atoms with E-state index in [1.165, 1.54) is 6.08 Å². The van der Waals surface area contributed by atoms with E-state index in [0.29, 0.717) is 0 Å². The van der Waals surface area contributed by atoms with Crippen LogP contribution in [0.4, 0.5) is 4.39 Å². The van der Waals surface area contributed by atoms with Gasteiger partial charge in [0.05, 0.1) is 9.59 Å². The fourth-order valence-electron chi connectivity index (χ4n) is 2.62. The van der Waals surface area contributed by atoms with Crippen LogP contribution in [0.2, 0.25) is 0 Å². The van der Waals surface area contributed by atoms with Gasteiger partial charge in [-0.2, -0.15) is 4.39 Å². The SMILES string of the molecule is CC(=O)Oc1cc(O)cc(C(=O)[O+]=C2C(F)=CC=CC2=[O+]C(=O)c2cc(O)cc(O)c2)c1. The molecular weight excluding hydrogens is 427 g/mol. The third kappa shape index (κ3) is 5.30. The van der Waals surface area contributed by atoms with Crippen LogP contribution in [0.25, 0.3) is 0 Å². The molecule has 10 heteroatoms. The van der Waals surface area contributed by atoms with E-state index in [9.17, 15) is 34.1 Å². The molecule has 9 nitrogen and oxygen atoms in total. The van der Waals surface area contributed by atoms with Crippen molar-refractivity contribution < 1.29 is 47.7 Å². The lowest BCUT2D eigenvalue weighted by atomic mass is 10.1. The number of carbonyl (C=O) groups excluding carboxylic acids is 5. The summed E-state index contributed by atoms with van der Waals surface area (Å²) >= 11 is 0. The quantitative estimate of drug-likeness (QED) is 0.218. The van der Waals surface area contributed by atoms with Crippen molar-refractivity contribution in [2.45, 2.75) is 6.92 Å². The Morgan fingerprint density at radius 3 is 2.03 bits per heavy atom. The van der Waals surface area contributed by atoms with Gasteiger partial charge in [-0.15, -0.1) is 0 Å². The fourth-order valence-corrected chi connectivity index (χ4v) is 2.62. The molecule has 0 amide bonds. The number of ether oxygens (including phenoxy) is 1. The zero-order valence-corrected chi connectivity index (χ0v) is 16.4. The lowest BCUT2D eigenvalue weighted by molar-refractivity contribution is -0.360. The minimum Gasteiger partial charge on any atom is -0.508 e. The van der Waals surface area contributed by atoms with Gasteiger partial charge >= 0.3 is 29.5 Å². The Balaban J connectivity index is 1.98. The molecule has 0 aromatic heterocycles. The molecule has 0 heterocycles. The first kappa shape index (κ1) is 22.1. The second-order valence-corrected chi connectivity index (χ2v) is 6.39.